The van der Waals surface area contributed by atoms with Gasteiger partial charge in [0.25, 0.3) is 5.91 Å². The van der Waals surface area contributed by atoms with Gasteiger partial charge < -0.3 is 14.5 Å². The van der Waals surface area contributed by atoms with Gasteiger partial charge in [-0.3, -0.25) is 4.79 Å². The maximum absolute atomic E-state index is 12.9. The number of carbonyl (C=O) groups excluding carboxylic acids is 1. The fourth-order valence-electron chi connectivity index (χ4n) is 3.67. The van der Waals surface area contributed by atoms with Crippen LogP contribution in [0.3, 0.4) is 0 Å². The lowest BCUT2D eigenvalue weighted by Gasteiger charge is -2.35. The molecule has 31 heavy (non-hydrogen) atoms. The van der Waals surface area contributed by atoms with Crippen LogP contribution in [0.4, 0.5) is 5.82 Å². The summed E-state index contributed by atoms with van der Waals surface area (Å²) in [6.07, 6.45) is 2.00. The molecule has 160 valence electrons. The molecule has 1 saturated heterocycles. The second kappa shape index (κ2) is 9.83. The van der Waals surface area contributed by atoms with Crippen LogP contribution in [0, 0.1) is 0 Å². The minimum atomic E-state index is 0.0986. The molecule has 1 amide bonds. The molecule has 0 radical (unpaired) electrons. The van der Waals surface area contributed by atoms with E-state index in [4.69, 9.17) is 4.74 Å². The minimum Gasteiger partial charge on any atom is -0.494 e. The van der Waals surface area contributed by atoms with E-state index in [0.717, 1.165) is 46.4 Å². The third-order valence-corrected chi connectivity index (χ3v) is 6.14. The van der Waals surface area contributed by atoms with Gasteiger partial charge in [-0.1, -0.05) is 12.1 Å². The highest BCUT2D eigenvalue weighted by molar-refractivity contribution is 7.98. The summed E-state index contributed by atoms with van der Waals surface area (Å²) in [7, 11) is 0. The summed E-state index contributed by atoms with van der Waals surface area (Å²) < 4.78 is 5.49. The van der Waals surface area contributed by atoms with E-state index >= 15 is 0 Å². The number of carbonyl (C=O) groups is 1. The first kappa shape index (κ1) is 21.2. The molecule has 0 N–H and O–H groups in total. The van der Waals surface area contributed by atoms with Gasteiger partial charge >= 0.3 is 0 Å². The average molecular weight is 435 g/mol. The van der Waals surface area contributed by atoms with Gasteiger partial charge in [0, 0.05) is 36.6 Å². The highest BCUT2D eigenvalue weighted by atomic mass is 32.2. The summed E-state index contributed by atoms with van der Waals surface area (Å²) in [5.41, 5.74) is 2.61. The fourth-order valence-corrected chi connectivity index (χ4v) is 4.26. The molecule has 0 spiro atoms. The van der Waals surface area contributed by atoms with Crippen molar-refractivity contribution < 1.29 is 9.53 Å². The zero-order valence-electron chi connectivity index (χ0n) is 17.8. The predicted molar refractivity (Wildman–Crippen MR) is 125 cm³/mol. The first-order chi connectivity index (χ1) is 15.2. The molecular formula is C24H26N4O2S. The van der Waals surface area contributed by atoms with Crippen molar-refractivity contribution in [1.29, 1.82) is 0 Å². The normalized spacial score (nSPS) is 13.9. The summed E-state index contributed by atoms with van der Waals surface area (Å²) >= 11 is 1.60. The molecule has 0 saturated carbocycles. The average Bonchev–Trinajstić information content (AvgIpc) is 2.84. The molecule has 1 aromatic heterocycles. The molecule has 3 aromatic rings. The Labute approximate surface area is 187 Å². The molecule has 2 aromatic carbocycles. The molecule has 4 rings (SSSR count). The maximum Gasteiger partial charge on any atom is 0.255 e. The number of anilines is 1. The van der Waals surface area contributed by atoms with Crippen LogP contribution in [0.1, 0.15) is 17.3 Å². The lowest BCUT2D eigenvalue weighted by Crippen LogP contribution is -2.49. The van der Waals surface area contributed by atoms with Gasteiger partial charge in [0.15, 0.2) is 5.82 Å². The van der Waals surface area contributed by atoms with Crippen LogP contribution in [-0.4, -0.2) is 60.0 Å². The number of hydrogen-bond donors (Lipinski definition) is 0. The van der Waals surface area contributed by atoms with Gasteiger partial charge in [-0.05, 0) is 61.7 Å². The minimum absolute atomic E-state index is 0.0986. The van der Waals surface area contributed by atoms with E-state index in [-0.39, 0.29) is 5.91 Å². The predicted octanol–water partition coefficient (Wildman–Crippen LogP) is 4.23. The van der Waals surface area contributed by atoms with E-state index in [1.165, 1.54) is 0 Å². The van der Waals surface area contributed by atoms with Gasteiger partial charge in [-0.15, -0.1) is 22.0 Å². The first-order valence-electron chi connectivity index (χ1n) is 10.4. The van der Waals surface area contributed by atoms with Gasteiger partial charge in [0.2, 0.25) is 0 Å². The Kier molecular flexibility index (Phi) is 6.72. The van der Waals surface area contributed by atoms with E-state index < -0.39 is 0 Å². The zero-order valence-corrected chi connectivity index (χ0v) is 18.6. The molecule has 0 atom stereocenters. The standard InChI is InChI=1S/C24H26N4O2S/c1-3-30-19-10-8-18(9-11-19)21-12-13-23(26-25-21)27-14-16-28(17-15-27)24(29)20-6-4-5-7-22(20)31-2/h4-13H,3,14-17H2,1-2H3. The lowest BCUT2D eigenvalue weighted by atomic mass is 10.1. The highest BCUT2D eigenvalue weighted by Gasteiger charge is 2.24. The van der Waals surface area contributed by atoms with Crippen LogP contribution in [0.5, 0.6) is 5.75 Å². The summed E-state index contributed by atoms with van der Waals surface area (Å²) in [4.78, 5) is 18.1. The zero-order chi connectivity index (χ0) is 21.6. The number of aromatic nitrogens is 2. The number of hydrogen-bond acceptors (Lipinski definition) is 6. The number of ether oxygens (including phenoxy) is 1. The monoisotopic (exact) mass is 434 g/mol. The molecule has 1 aliphatic heterocycles. The van der Waals surface area contributed by atoms with Gasteiger partial charge in [-0.25, -0.2) is 0 Å². The largest absolute Gasteiger partial charge is 0.494 e. The number of rotatable bonds is 6. The summed E-state index contributed by atoms with van der Waals surface area (Å²) in [5.74, 6) is 1.79. The molecule has 2 heterocycles. The van der Waals surface area contributed by atoms with E-state index in [1.807, 2.05) is 78.7 Å². The number of piperazine rings is 1. The Morgan fingerprint density at radius 2 is 1.71 bits per heavy atom. The second-order valence-corrected chi connectivity index (χ2v) is 8.06. The SMILES string of the molecule is CCOc1ccc(-c2ccc(N3CCN(C(=O)c4ccccc4SC)CC3)nn2)cc1. The molecule has 0 unspecified atom stereocenters. The maximum atomic E-state index is 12.9. The van der Waals surface area contributed by atoms with Crippen molar-refractivity contribution >= 4 is 23.5 Å². The van der Waals surface area contributed by atoms with E-state index in [9.17, 15) is 4.79 Å². The Morgan fingerprint density at radius 3 is 2.35 bits per heavy atom. The lowest BCUT2D eigenvalue weighted by molar-refractivity contribution is 0.0743. The Morgan fingerprint density at radius 1 is 0.968 bits per heavy atom. The number of thioether (sulfide) groups is 1. The van der Waals surface area contributed by atoms with E-state index in [0.29, 0.717) is 19.7 Å². The van der Waals surface area contributed by atoms with E-state index in [2.05, 4.69) is 15.1 Å². The van der Waals surface area contributed by atoms with Crippen molar-refractivity contribution in [3.8, 4) is 17.0 Å². The molecular weight excluding hydrogens is 408 g/mol. The molecule has 7 heteroatoms. The third-order valence-electron chi connectivity index (χ3n) is 5.34. The number of nitrogens with zero attached hydrogens (tertiary/aromatic N) is 4. The summed E-state index contributed by atoms with van der Waals surface area (Å²) in [6.45, 7) is 5.44. The quantitative estimate of drug-likeness (QED) is 0.541. The van der Waals surface area contributed by atoms with Crippen molar-refractivity contribution in [3.05, 3.63) is 66.2 Å². The van der Waals surface area contributed by atoms with Crippen LogP contribution < -0.4 is 9.64 Å². The fraction of sp³-hybridized carbons (Fsp3) is 0.292. The Balaban J connectivity index is 1.38. The van der Waals surface area contributed by atoms with Crippen LogP contribution in [0.2, 0.25) is 0 Å². The van der Waals surface area contributed by atoms with Crippen LogP contribution in [0.25, 0.3) is 11.3 Å². The van der Waals surface area contributed by atoms with Gasteiger partial charge in [-0.2, -0.15) is 0 Å². The van der Waals surface area contributed by atoms with Crippen molar-refractivity contribution in [2.24, 2.45) is 0 Å². The Hall–Kier alpha value is -3.06. The van der Waals surface area contributed by atoms with Gasteiger partial charge in [0.1, 0.15) is 5.75 Å². The van der Waals surface area contributed by atoms with Crippen molar-refractivity contribution in [2.45, 2.75) is 11.8 Å². The molecule has 1 fully saturated rings. The number of amides is 1. The van der Waals surface area contributed by atoms with Crippen molar-refractivity contribution in [2.75, 3.05) is 43.9 Å². The number of benzene rings is 2. The molecule has 1 aliphatic rings. The first-order valence-corrected chi connectivity index (χ1v) is 11.7. The van der Waals surface area contributed by atoms with E-state index in [1.54, 1.807) is 11.8 Å². The highest BCUT2D eigenvalue weighted by Crippen LogP contribution is 2.24. The van der Waals surface area contributed by atoms with Crippen molar-refractivity contribution in [1.82, 2.24) is 15.1 Å². The Bertz CT molecular complexity index is 1020. The molecule has 6 nitrogen and oxygen atoms in total. The van der Waals surface area contributed by atoms with Crippen LogP contribution >= 0.6 is 11.8 Å². The summed E-state index contributed by atoms with van der Waals surface area (Å²) in [5, 5.41) is 8.84. The molecule has 0 aliphatic carbocycles. The third kappa shape index (κ3) is 4.82. The van der Waals surface area contributed by atoms with Crippen LogP contribution in [0.15, 0.2) is 65.6 Å². The van der Waals surface area contributed by atoms with Gasteiger partial charge in [0.05, 0.1) is 17.9 Å². The second-order valence-electron chi connectivity index (χ2n) is 7.21. The smallest absolute Gasteiger partial charge is 0.255 e. The summed E-state index contributed by atoms with van der Waals surface area (Å²) in [6, 6.07) is 19.7. The van der Waals surface area contributed by atoms with Crippen molar-refractivity contribution in [3.63, 3.8) is 0 Å². The topological polar surface area (TPSA) is 58.6 Å². The molecule has 0 bridgehead atoms. The van der Waals surface area contributed by atoms with Crippen LogP contribution in [-0.2, 0) is 0 Å².